The molecule has 1 aliphatic heterocycles. The quantitative estimate of drug-likeness (QED) is 0.566. The summed E-state index contributed by atoms with van der Waals surface area (Å²) in [7, 11) is 0. The summed E-state index contributed by atoms with van der Waals surface area (Å²) in [6.07, 6.45) is -2.02. The Kier molecular flexibility index (Phi) is 5.73. The largest absolute Gasteiger partial charge is 0.573 e. The number of nitrogens with one attached hydrogen (secondary N) is 1. The number of ether oxygens (including phenoxy) is 2. The smallest absolute Gasteiger partial charge is 0.441 e. The normalized spacial score (nSPS) is 19.0. The van der Waals surface area contributed by atoms with Crippen LogP contribution < -0.4 is 14.8 Å². The molecule has 1 aromatic carbocycles. The zero-order valence-corrected chi connectivity index (χ0v) is 15.0. The fraction of sp³-hybridized carbons (Fsp3) is 0.471. The second-order valence-corrected chi connectivity index (χ2v) is 6.42. The number of aromatic nitrogens is 2. The van der Waals surface area contributed by atoms with Crippen LogP contribution in [0.1, 0.15) is 25.3 Å². The summed E-state index contributed by atoms with van der Waals surface area (Å²) in [6.45, 7) is 2.84. The molecule has 1 aliphatic rings. The van der Waals surface area contributed by atoms with Crippen molar-refractivity contribution in [3.05, 3.63) is 46.1 Å². The maximum atomic E-state index is 12.2. The summed E-state index contributed by atoms with van der Waals surface area (Å²) < 4.78 is 47.9. The van der Waals surface area contributed by atoms with E-state index < -0.39 is 11.3 Å². The molecule has 0 bridgehead atoms. The fourth-order valence-corrected chi connectivity index (χ4v) is 3.04. The van der Waals surface area contributed by atoms with Gasteiger partial charge in [0.15, 0.2) is 0 Å². The Morgan fingerprint density at radius 2 is 2.11 bits per heavy atom. The van der Waals surface area contributed by atoms with E-state index in [2.05, 4.69) is 15.0 Å². The monoisotopic (exact) mass is 400 g/mol. The van der Waals surface area contributed by atoms with Crippen LogP contribution in [0.3, 0.4) is 0 Å². The van der Waals surface area contributed by atoms with Gasteiger partial charge in [-0.1, -0.05) is 25.5 Å². The first-order chi connectivity index (χ1) is 13.2. The maximum Gasteiger partial charge on any atom is 0.573 e. The molecule has 0 aliphatic carbocycles. The van der Waals surface area contributed by atoms with Crippen LogP contribution in [0.2, 0.25) is 0 Å². The third kappa shape index (κ3) is 4.91. The van der Waals surface area contributed by atoms with Crippen molar-refractivity contribution >= 4 is 5.82 Å². The number of hydrogen-bond donors (Lipinski definition) is 1. The van der Waals surface area contributed by atoms with Gasteiger partial charge in [0.05, 0.1) is 6.04 Å². The van der Waals surface area contributed by atoms with Gasteiger partial charge < -0.3 is 24.9 Å². The highest BCUT2D eigenvalue weighted by Gasteiger charge is 2.34. The van der Waals surface area contributed by atoms with Crippen LogP contribution in [-0.2, 0) is 13.1 Å². The van der Waals surface area contributed by atoms with Crippen LogP contribution in [0.25, 0.3) is 0 Å². The van der Waals surface area contributed by atoms with Crippen molar-refractivity contribution in [1.82, 2.24) is 14.9 Å². The molecule has 1 N–H and O–H groups in total. The molecule has 152 valence electrons. The van der Waals surface area contributed by atoms with Gasteiger partial charge in [0.25, 0.3) is 0 Å². The predicted octanol–water partition coefficient (Wildman–Crippen LogP) is 3.41. The standard InChI is InChI=1S/C17H19F3N4O4/c1-2-3-14-13(9-23-10-15(24(25)26)22-16(23)27-14)21-8-11-4-6-12(7-5-11)28-17(18,19)20/h4-7,10,13-14,21H,2-3,8-9H2,1H3/t13-,14+/m0/s1. The fourth-order valence-electron chi connectivity index (χ4n) is 3.04. The van der Waals surface area contributed by atoms with Crippen molar-refractivity contribution in [3.8, 4) is 11.8 Å². The molecule has 28 heavy (non-hydrogen) atoms. The van der Waals surface area contributed by atoms with Crippen molar-refractivity contribution < 1.29 is 27.6 Å². The molecule has 0 spiro atoms. The number of fused-ring (bicyclic) bond motifs is 1. The van der Waals surface area contributed by atoms with E-state index in [-0.39, 0.29) is 29.7 Å². The van der Waals surface area contributed by atoms with Gasteiger partial charge in [-0.2, -0.15) is 0 Å². The molecule has 0 saturated heterocycles. The Labute approximate surface area is 158 Å². The summed E-state index contributed by atoms with van der Waals surface area (Å²) in [6, 6.07) is 5.68. The first-order valence-electron chi connectivity index (χ1n) is 8.71. The lowest BCUT2D eigenvalue weighted by atomic mass is 10.0. The lowest BCUT2D eigenvalue weighted by Crippen LogP contribution is -2.48. The molecular formula is C17H19F3N4O4. The highest BCUT2D eigenvalue weighted by Crippen LogP contribution is 2.27. The van der Waals surface area contributed by atoms with Crippen LogP contribution in [0, 0.1) is 10.1 Å². The molecule has 2 atom stereocenters. The van der Waals surface area contributed by atoms with E-state index in [1.54, 1.807) is 16.7 Å². The van der Waals surface area contributed by atoms with Gasteiger partial charge in [0, 0.05) is 18.1 Å². The number of nitrogens with zero attached hydrogens (tertiary/aromatic N) is 3. The van der Waals surface area contributed by atoms with Crippen LogP contribution >= 0.6 is 0 Å². The summed E-state index contributed by atoms with van der Waals surface area (Å²) in [4.78, 5) is 14.2. The van der Waals surface area contributed by atoms with E-state index in [1.807, 2.05) is 6.92 Å². The van der Waals surface area contributed by atoms with E-state index >= 15 is 0 Å². The minimum Gasteiger partial charge on any atom is -0.441 e. The van der Waals surface area contributed by atoms with Crippen molar-refractivity contribution in [2.45, 2.75) is 51.4 Å². The minimum atomic E-state index is -4.72. The third-order valence-electron chi connectivity index (χ3n) is 4.31. The Morgan fingerprint density at radius 3 is 2.71 bits per heavy atom. The highest BCUT2D eigenvalue weighted by molar-refractivity contribution is 5.27. The molecule has 0 radical (unpaired) electrons. The van der Waals surface area contributed by atoms with Crippen LogP contribution in [0.15, 0.2) is 30.5 Å². The molecule has 8 nitrogen and oxygen atoms in total. The Balaban J connectivity index is 1.65. The first kappa shape index (κ1) is 19.9. The van der Waals surface area contributed by atoms with Crippen molar-refractivity contribution in [2.24, 2.45) is 0 Å². The van der Waals surface area contributed by atoms with Crippen LogP contribution in [0.5, 0.6) is 11.8 Å². The summed E-state index contributed by atoms with van der Waals surface area (Å²) in [5.41, 5.74) is 0.771. The molecule has 0 unspecified atom stereocenters. The topological polar surface area (TPSA) is 91.5 Å². The number of rotatable bonds is 7. The summed E-state index contributed by atoms with van der Waals surface area (Å²) >= 11 is 0. The van der Waals surface area contributed by atoms with Gasteiger partial charge >= 0.3 is 18.2 Å². The molecular weight excluding hydrogens is 381 g/mol. The maximum absolute atomic E-state index is 12.2. The van der Waals surface area contributed by atoms with E-state index in [1.165, 1.54) is 18.3 Å². The van der Waals surface area contributed by atoms with E-state index in [0.717, 1.165) is 18.4 Å². The number of benzene rings is 1. The van der Waals surface area contributed by atoms with Crippen LogP contribution in [0.4, 0.5) is 19.0 Å². The molecule has 1 aromatic heterocycles. The van der Waals surface area contributed by atoms with Crippen molar-refractivity contribution in [3.63, 3.8) is 0 Å². The van der Waals surface area contributed by atoms with Gasteiger partial charge in [-0.3, -0.25) is 4.57 Å². The SMILES string of the molecule is CCC[C@H]1Oc2nc([N+](=O)[O-])cn2C[C@@H]1NCc1ccc(OC(F)(F)F)cc1. The number of alkyl halides is 3. The minimum absolute atomic E-state index is 0.132. The summed E-state index contributed by atoms with van der Waals surface area (Å²) in [5, 5.41) is 14.2. The zero-order valence-electron chi connectivity index (χ0n) is 15.0. The van der Waals surface area contributed by atoms with E-state index in [4.69, 9.17) is 4.74 Å². The van der Waals surface area contributed by atoms with E-state index in [9.17, 15) is 23.3 Å². The van der Waals surface area contributed by atoms with Crippen molar-refractivity contribution in [2.75, 3.05) is 0 Å². The molecule has 3 rings (SSSR count). The Hall–Kier alpha value is -2.82. The number of nitro groups is 1. The third-order valence-corrected chi connectivity index (χ3v) is 4.31. The van der Waals surface area contributed by atoms with Gasteiger partial charge in [-0.05, 0) is 29.0 Å². The molecule has 0 amide bonds. The Morgan fingerprint density at radius 1 is 1.39 bits per heavy atom. The average molecular weight is 400 g/mol. The lowest BCUT2D eigenvalue weighted by Gasteiger charge is -2.31. The average Bonchev–Trinajstić information content (AvgIpc) is 3.03. The second kappa shape index (κ2) is 8.05. The highest BCUT2D eigenvalue weighted by atomic mass is 19.4. The van der Waals surface area contributed by atoms with Gasteiger partial charge in [0.1, 0.15) is 18.1 Å². The number of hydrogen-bond acceptors (Lipinski definition) is 6. The Bertz CT molecular complexity index is 823. The molecule has 2 aromatic rings. The second-order valence-electron chi connectivity index (χ2n) is 6.42. The summed E-state index contributed by atoms with van der Waals surface area (Å²) in [5.74, 6) is -0.553. The molecule has 0 fully saturated rings. The zero-order chi connectivity index (χ0) is 20.3. The molecule has 2 heterocycles. The number of imidazole rings is 1. The molecule has 0 saturated carbocycles. The molecule has 11 heteroatoms. The predicted molar refractivity (Wildman–Crippen MR) is 92.0 cm³/mol. The van der Waals surface area contributed by atoms with Gasteiger partial charge in [0.2, 0.25) is 0 Å². The van der Waals surface area contributed by atoms with Gasteiger partial charge in [-0.25, -0.2) is 0 Å². The van der Waals surface area contributed by atoms with Gasteiger partial charge in [-0.15, -0.1) is 13.2 Å². The number of halogens is 3. The van der Waals surface area contributed by atoms with Crippen LogP contribution in [-0.4, -0.2) is 33.0 Å². The van der Waals surface area contributed by atoms with Crippen molar-refractivity contribution in [1.29, 1.82) is 0 Å². The lowest BCUT2D eigenvalue weighted by molar-refractivity contribution is -0.389. The first-order valence-corrected chi connectivity index (χ1v) is 8.71. The van der Waals surface area contributed by atoms with E-state index in [0.29, 0.717) is 13.1 Å².